The molecule has 1 unspecified atom stereocenters. The maximum Gasteiger partial charge on any atom is 0.110 e. The van der Waals surface area contributed by atoms with Crippen molar-refractivity contribution in [1.29, 1.82) is 0 Å². The molecule has 0 fully saturated rings. The SMILES string of the molecule is Cc1csc(C(C)NCc2cc(C)n(C)c2C)n1. The van der Waals surface area contributed by atoms with Gasteiger partial charge in [-0.25, -0.2) is 4.98 Å². The van der Waals surface area contributed by atoms with Crippen molar-refractivity contribution >= 4 is 11.3 Å². The molecule has 1 atom stereocenters. The predicted octanol–water partition coefficient (Wildman–Crippen LogP) is 3.26. The van der Waals surface area contributed by atoms with E-state index in [1.165, 1.54) is 17.0 Å². The van der Waals surface area contributed by atoms with Crippen LogP contribution in [0.1, 0.15) is 40.6 Å². The van der Waals surface area contributed by atoms with Gasteiger partial charge in [-0.1, -0.05) is 0 Å². The molecule has 2 heterocycles. The third kappa shape index (κ3) is 2.65. The molecule has 0 saturated carbocycles. The van der Waals surface area contributed by atoms with Crippen molar-refractivity contribution in [2.75, 3.05) is 0 Å². The Morgan fingerprint density at radius 3 is 2.61 bits per heavy atom. The first-order valence-corrected chi connectivity index (χ1v) is 7.14. The van der Waals surface area contributed by atoms with Crippen LogP contribution >= 0.6 is 11.3 Å². The van der Waals surface area contributed by atoms with Gasteiger partial charge in [0.25, 0.3) is 0 Å². The van der Waals surface area contributed by atoms with Gasteiger partial charge in [0, 0.05) is 36.1 Å². The molecule has 2 rings (SSSR count). The van der Waals surface area contributed by atoms with Crippen LogP contribution in [0.15, 0.2) is 11.4 Å². The average Bonchev–Trinajstić information content (AvgIpc) is 2.87. The molecule has 2 aromatic rings. The molecule has 98 valence electrons. The molecule has 0 aliphatic heterocycles. The molecular formula is C14H21N3S. The number of aromatic nitrogens is 2. The fourth-order valence-corrected chi connectivity index (χ4v) is 2.86. The lowest BCUT2D eigenvalue weighted by Crippen LogP contribution is -2.18. The first-order valence-electron chi connectivity index (χ1n) is 6.26. The zero-order chi connectivity index (χ0) is 13.3. The number of hydrogen-bond acceptors (Lipinski definition) is 3. The monoisotopic (exact) mass is 263 g/mol. The lowest BCUT2D eigenvalue weighted by molar-refractivity contribution is 0.569. The van der Waals surface area contributed by atoms with Crippen LogP contribution in [0.4, 0.5) is 0 Å². The second-order valence-electron chi connectivity index (χ2n) is 4.89. The fraction of sp³-hybridized carbons (Fsp3) is 0.500. The van der Waals surface area contributed by atoms with Crippen LogP contribution < -0.4 is 5.32 Å². The molecule has 0 amide bonds. The predicted molar refractivity (Wildman–Crippen MR) is 77.0 cm³/mol. The van der Waals surface area contributed by atoms with Gasteiger partial charge in [-0.15, -0.1) is 11.3 Å². The second-order valence-corrected chi connectivity index (χ2v) is 5.77. The van der Waals surface area contributed by atoms with Crippen molar-refractivity contribution in [3.05, 3.63) is 39.1 Å². The van der Waals surface area contributed by atoms with Gasteiger partial charge in [-0.2, -0.15) is 0 Å². The van der Waals surface area contributed by atoms with E-state index in [2.05, 4.69) is 54.1 Å². The van der Waals surface area contributed by atoms with Gasteiger partial charge in [-0.3, -0.25) is 0 Å². The van der Waals surface area contributed by atoms with E-state index < -0.39 is 0 Å². The zero-order valence-corrected chi connectivity index (χ0v) is 12.6. The smallest absolute Gasteiger partial charge is 0.110 e. The summed E-state index contributed by atoms with van der Waals surface area (Å²) in [5, 5.41) is 6.81. The van der Waals surface area contributed by atoms with Crippen LogP contribution in [0, 0.1) is 20.8 Å². The molecule has 18 heavy (non-hydrogen) atoms. The van der Waals surface area contributed by atoms with E-state index in [1.807, 2.05) is 6.92 Å². The van der Waals surface area contributed by atoms with E-state index in [0.717, 1.165) is 17.2 Å². The zero-order valence-electron chi connectivity index (χ0n) is 11.7. The molecule has 0 saturated heterocycles. The lowest BCUT2D eigenvalue weighted by Gasteiger charge is -2.11. The Labute approximate surface area is 113 Å². The molecule has 0 aliphatic carbocycles. The number of nitrogens with one attached hydrogen (secondary N) is 1. The molecule has 1 N–H and O–H groups in total. The average molecular weight is 263 g/mol. The van der Waals surface area contributed by atoms with Crippen molar-refractivity contribution in [1.82, 2.24) is 14.9 Å². The topological polar surface area (TPSA) is 29.9 Å². The van der Waals surface area contributed by atoms with Gasteiger partial charge in [0.05, 0.1) is 6.04 Å². The van der Waals surface area contributed by atoms with Crippen molar-refractivity contribution in [3.63, 3.8) is 0 Å². The van der Waals surface area contributed by atoms with E-state index in [-0.39, 0.29) is 0 Å². The Morgan fingerprint density at radius 1 is 1.39 bits per heavy atom. The van der Waals surface area contributed by atoms with Crippen LogP contribution in [0.5, 0.6) is 0 Å². The summed E-state index contributed by atoms with van der Waals surface area (Å²) in [5.74, 6) is 0. The summed E-state index contributed by atoms with van der Waals surface area (Å²) >= 11 is 1.73. The Bertz CT molecular complexity index is 539. The molecular weight excluding hydrogens is 242 g/mol. The van der Waals surface area contributed by atoms with Crippen LogP contribution in [0.2, 0.25) is 0 Å². The highest BCUT2D eigenvalue weighted by Gasteiger charge is 2.11. The van der Waals surface area contributed by atoms with Gasteiger partial charge in [0.2, 0.25) is 0 Å². The highest BCUT2D eigenvalue weighted by atomic mass is 32.1. The summed E-state index contributed by atoms with van der Waals surface area (Å²) in [7, 11) is 2.11. The van der Waals surface area contributed by atoms with E-state index in [4.69, 9.17) is 0 Å². The van der Waals surface area contributed by atoms with E-state index in [9.17, 15) is 0 Å². The third-order valence-electron chi connectivity index (χ3n) is 3.49. The van der Waals surface area contributed by atoms with Gasteiger partial charge >= 0.3 is 0 Å². The summed E-state index contributed by atoms with van der Waals surface area (Å²) in [6.45, 7) is 9.42. The molecule has 2 aromatic heterocycles. The minimum atomic E-state index is 0.309. The summed E-state index contributed by atoms with van der Waals surface area (Å²) in [6, 6.07) is 2.56. The maximum absolute atomic E-state index is 4.52. The molecule has 0 bridgehead atoms. The first kappa shape index (κ1) is 13.3. The normalized spacial score (nSPS) is 12.9. The van der Waals surface area contributed by atoms with E-state index in [1.54, 1.807) is 11.3 Å². The molecule has 3 nitrogen and oxygen atoms in total. The van der Waals surface area contributed by atoms with Gasteiger partial charge in [-0.05, 0) is 39.3 Å². The molecule has 4 heteroatoms. The van der Waals surface area contributed by atoms with Gasteiger partial charge < -0.3 is 9.88 Å². The van der Waals surface area contributed by atoms with Crippen LogP contribution in [0.25, 0.3) is 0 Å². The third-order valence-corrected chi connectivity index (χ3v) is 4.63. The summed E-state index contributed by atoms with van der Waals surface area (Å²) in [6.07, 6.45) is 0. The van der Waals surface area contributed by atoms with Crippen molar-refractivity contribution < 1.29 is 0 Å². The molecule has 0 radical (unpaired) electrons. The molecule has 0 spiro atoms. The Kier molecular flexibility index (Phi) is 3.88. The summed E-state index contributed by atoms with van der Waals surface area (Å²) < 4.78 is 2.23. The first-order chi connectivity index (χ1) is 8.49. The lowest BCUT2D eigenvalue weighted by atomic mass is 10.2. The number of thiazole rings is 1. The largest absolute Gasteiger partial charge is 0.352 e. The Morgan fingerprint density at radius 2 is 2.11 bits per heavy atom. The Hall–Kier alpha value is -1.13. The maximum atomic E-state index is 4.52. The Balaban J connectivity index is 2.01. The van der Waals surface area contributed by atoms with Crippen molar-refractivity contribution in [2.45, 2.75) is 40.3 Å². The summed E-state index contributed by atoms with van der Waals surface area (Å²) in [5.41, 5.74) is 5.12. The van der Waals surface area contributed by atoms with Crippen LogP contribution in [-0.2, 0) is 13.6 Å². The van der Waals surface area contributed by atoms with Crippen LogP contribution in [0.3, 0.4) is 0 Å². The minimum absolute atomic E-state index is 0.309. The highest BCUT2D eigenvalue weighted by molar-refractivity contribution is 7.09. The number of aryl methyl sites for hydroxylation is 2. The number of hydrogen-bond donors (Lipinski definition) is 1. The van der Waals surface area contributed by atoms with Gasteiger partial charge in [0.1, 0.15) is 5.01 Å². The highest BCUT2D eigenvalue weighted by Crippen LogP contribution is 2.19. The standard InChI is InChI=1S/C14H21N3S/c1-9-8-18-14(16-9)11(3)15-7-13-6-10(2)17(5)12(13)4/h6,8,11,15H,7H2,1-5H3. The van der Waals surface area contributed by atoms with E-state index in [0.29, 0.717) is 6.04 Å². The summed E-state index contributed by atoms with van der Waals surface area (Å²) in [4.78, 5) is 4.52. The fourth-order valence-electron chi connectivity index (χ4n) is 2.03. The van der Waals surface area contributed by atoms with Gasteiger partial charge in [0.15, 0.2) is 0 Å². The second kappa shape index (κ2) is 5.24. The minimum Gasteiger partial charge on any atom is -0.352 e. The molecule has 0 aromatic carbocycles. The van der Waals surface area contributed by atoms with E-state index >= 15 is 0 Å². The number of rotatable bonds is 4. The number of nitrogens with zero attached hydrogens (tertiary/aromatic N) is 2. The van der Waals surface area contributed by atoms with Crippen molar-refractivity contribution in [3.8, 4) is 0 Å². The molecule has 0 aliphatic rings. The quantitative estimate of drug-likeness (QED) is 0.917. The van der Waals surface area contributed by atoms with Crippen molar-refractivity contribution in [2.24, 2.45) is 7.05 Å². The van der Waals surface area contributed by atoms with Crippen LogP contribution in [-0.4, -0.2) is 9.55 Å².